The van der Waals surface area contributed by atoms with E-state index in [1.807, 2.05) is 6.07 Å². The quantitative estimate of drug-likeness (QED) is 0.399. The van der Waals surface area contributed by atoms with E-state index < -0.39 is 0 Å². The van der Waals surface area contributed by atoms with Crippen molar-refractivity contribution in [2.75, 3.05) is 39.4 Å². The first-order chi connectivity index (χ1) is 9.74. The highest BCUT2D eigenvalue weighted by Crippen LogP contribution is 2.12. The van der Waals surface area contributed by atoms with Crippen LogP contribution in [0.4, 0.5) is 0 Å². The van der Waals surface area contributed by atoms with Crippen LogP contribution >= 0.6 is 23.6 Å². The van der Waals surface area contributed by atoms with Gasteiger partial charge in [-0.05, 0) is 31.3 Å². The Balaban J connectivity index is 1.59. The maximum atomic E-state index is 5.33. The van der Waals surface area contributed by atoms with E-state index in [-0.39, 0.29) is 0 Å². The van der Waals surface area contributed by atoms with E-state index in [9.17, 15) is 0 Å². The van der Waals surface area contributed by atoms with E-state index in [1.54, 1.807) is 22.5 Å². The van der Waals surface area contributed by atoms with Crippen LogP contribution in [0, 0.1) is 6.92 Å². The van der Waals surface area contributed by atoms with Gasteiger partial charge in [-0.2, -0.15) is 5.10 Å². The van der Waals surface area contributed by atoms with Crippen LogP contribution in [-0.2, 0) is 4.74 Å². The molecule has 0 amide bonds. The molecule has 7 heteroatoms. The molecule has 2 heterocycles. The monoisotopic (exact) mass is 313 g/mol. The summed E-state index contributed by atoms with van der Waals surface area (Å²) in [4.78, 5) is 3.96. The lowest BCUT2D eigenvalue weighted by Crippen LogP contribution is -3.14. The minimum atomic E-state index is 0.571. The van der Waals surface area contributed by atoms with Gasteiger partial charge in [-0.1, -0.05) is 0 Å². The molecule has 1 aliphatic heterocycles. The fourth-order valence-electron chi connectivity index (χ4n) is 1.98. The second-order valence-corrected chi connectivity index (χ2v) is 6.41. The SMILES string of the molecule is Cc1ccc(/C=N\NC(=S)NCC[NH+]2CCOCC2)s1. The van der Waals surface area contributed by atoms with Crippen LogP contribution in [-0.4, -0.2) is 50.7 Å². The number of nitrogens with zero attached hydrogens (tertiary/aromatic N) is 1. The molecule has 0 radical (unpaired) electrons. The Morgan fingerprint density at radius 1 is 1.50 bits per heavy atom. The number of thiophene rings is 1. The minimum absolute atomic E-state index is 0.571. The van der Waals surface area contributed by atoms with Crippen LogP contribution in [0.5, 0.6) is 0 Å². The summed E-state index contributed by atoms with van der Waals surface area (Å²) in [7, 11) is 0. The topological polar surface area (TPSA) is 50.1 Å². The molecule has 1 aliphatic rings. The van der Waals surface area contributed by atoms with Gasteiger partial charge in [0.25, 0.3) is 0 Å². The van der Waals surface area contributed by atoms with E-state index in [0.29, 0.717) is 5.11 Å². The molecule has 1 saturated heterocycles. The van der Waals surface area contributed by atoms with Crippen molar-refractivity contribution in [3.63, 3.8) is 0 Å². The van der Waals surface area contributed by atoms with E-state index in [4.69, 9.17) is 17.0 Å². The largest absolute Gasteiger partial charge is 0.370 e. The van der Waals surface area contributed by atoms with Gasteiger partial charge in [0.2, 0.25) is 0 Å². The van der Waals surface area contributed by atoms with Gasteiger partial charge in [0, 0.05) is 9.75 Å². The van der Waals surface area contributed by atoms with Crippen molar-refractivity contribution >= 4 is 34.9 Å². The molecule has 0 atom stereocenters. The number of hydrogen-bond donors (Lipinski definition) is 3. The summed E-state index contributed by atoms with van der Waals surface area (Å²) >= 11 is 6.88. The van der Waals surface area contributed by atoms with E-state index in [2.05, 4.69) is 28.8 Å². The van der Waals surface area contributed by atoms with Crippen LogP contribution in [0.2, 0.25) is 0 Å². The molecule has 0 unspecified atom stereocenters. The van der Waals surface area contributed by atoms with Crippen LogP contribution in [0.15, 0.2) is 17.2 Å². The molecule has 110 valence electrons. The van der Waals surface area contributed by atoms with Gasteiger partial charge in [0.1, 0.15) is 13.1 Å². The van der Waals surface area contributed by atoms with E-state index in [0.717, 1.165) is 44.3 Å². The summed E-state index contributed by atoms with van der Waals surface area (Å²) in [5, 5.41) is 7.87. The molecule has 3 N–H and O–H groups in total. The predicted octanol–water partition coefficient (Wildman–Crippen LogP) is -0.230. The summed E-state index contributed by atoms with van der Waals surface area (Å²) in [5.41, 5.74) is 2.84. The van der Waals surface area contributed by atoms with Crippen LogP contribution in [0.1, 0.15) is 9.75 Å². The van der Waals surface area contributed by atoms with E-state index in [1.165, 1.54) is 4.88 Å². The number of morpholine rings is 1. The van der Waals surface area contributed by atoms with E-state index >= 15 is 0 Å². The Morgan fingerprint density at radius 3 is 3.00 bits per heavy atom. The Morgan fingerprint density at radius 2 is 2.30 bits per heavy atom. The predicted molar refractivity (Wildman–Crippen MR) is 86.8 cm³/mol. The lowest BCUT2D eigenvalue weighted by atomic mass is 10.4. The average molecular weight is 313 g/mol. The summed E-state index contributed by atoms with van der Waals surface area (Å²) in [6.07, 6.45) is 1.79. The standard InChI is InChI=1S/C13H20N4OS2/c1-11-2-3-12(20-11)10-15-16-13(19)14-4-5-17-6-8-18-9-7-17/h2-3,10H,4-9H2,1H3,(H2,14,16,19)/p+1/b15-10-. The average Bonchev–Trinajstić information content (AvgIpc) is 2.86. The fraction of sp³-hybridized carbons (Fsp3) is 0.538. The first-order valence-corrected chi connectivity index (χ1v) is 8.01. The number of nitrogens with one attached hydrogen (secondary N) is 3. The number of aryl methyl sites for hydroxylation is 1. The number of hydrazone groups is 1. The highest BCUT2D eigenvalue weighted by Gasteiger charge is 2.12. The highest BCUT2D eigenvalue weighted by atomic mass is 32.1. The smallest absolute Gasteiger partial charge is 0.187 e. The molecular weight excluding hydrogens is 292 g/mol. The maximum absolute atomic E-state index is 5.33. The number of ether oxygens (including phenoxy) is 1. The summed E-state index contributed by atoms with van der Waals surface area (Å²) in [6, 6.07) is 4.12. The van der Waals surface area contributed by atoms with Gasteiger partial charge >= 0.3 is 0 Å². The molecule has 20 heavy (non-hydrogen) atoms. The molecule has 5 nitrogen and oxygen atoms in total. The van der Waals surface area contributed by atoms with Gasteiger partial charge < -0.3 is 15.0 Å². The summed E-state index contributed by atoms with van der Waals surface area (Å²) in [6.45, 7) is 7.88. The molecule has 1 aromatic heterocycles. The van der Waals surface area contributed by atoms with Gasteiger partial charge in [0.15, 0.2) is 5.11 Å². The zero-order valence-corrected chi connectivity index (χ0v) is 13.3. The molecule has 0 bridgehead atoms. The highest BCUT2D eigenvalue weighted by molar-refractivity contribution is 7.80. The molecule has 0 saturated carbocycles. The molecular formula is C13H21N4OS2+. The first-order valence-electron chi connectivity index (χ1n) is 6.79. The lowest BCUT2D eigenvalue weighted by molar-refractivity contribution is -0.906. The number of thiocarbonyl (C=S) groups is 1. The van der Waals surface area contributed by atoms with Crippen molar-refractivity contribution in [3.05, 3.63) is 21.9 Å². The maximum Gasteiger partial charge on any atom is 0.187 e. The van der Waals surface area contributed by atoms with Gasteiger partial charge in [-0.15, -0.1) is 11.3 Å². The molecule has 1 aromatic rings. The van der Waals surface area contributed by atoms with Crippen molar-refractivity contribution in [3.8, 4) is 0 Å². The Labute approximate surface area is 129 Å². The van der Waals surface area contributed by atoms with Crippen molar-refractivity contribution in [2.45, 2.75) is 6.92 Å². The van der Waals surface area contributed by atoms with Crippen LogP contribution in [0.25, 0.3) is 0 Å². The number of hydrogen-bond acceptors (Lipinski definition) is 4. The summed E-state index contributed by atoms with van der Waals surface area (Å²) < 4.78 is 5.33. The first kappa shape index (κ1) is 15.4. The third kappa shape index (κ3) is 5.54. The van der Waals surface area contributed by atoms with Crippen molar-refractivity contribution < 1.29 is 9.64 Å². The van der Waals surface area contributed by atoms with Gasteiger partial charge in [0.05, 0.1) is 32.5 Å². The Hall–Kier alpha value is -1.02. The second-order valence-electron chi connectivity index (χ2n) is 4.69. The molecule has 0 spiro atoms. The zero-order chi connectivity index (χ0) is 14.2. The Bertz CT molecular complexity index is 455. The van der Waals surface area contributed by atoms with Crippen molar-refractivity contribution in [1.29, 1.82) is 0 Å². The second kappa shape index (κ2) is 8.31. The Kier molecular flexibility index (Phi) is 6.38. The molecule has 0 aliphatic carbocycles. The van der Waals surface area contributed by atoms with Crippen LogP contribution in [0.3, 0.4) is 0 Å². The fourth-order valence-corrected chi connectivity index (χ4v) is 2.88. The minimum Gasteiger partial charge on any atom is -0.370 e. The zero-order valence-electron chi connectivity index (χ0n) is 11.6. The van der Waals surface area contributed by atoms with Crippen LogP contribution < -0.4 is 15.6 Å². The molecule has 2 rings (SSSR count). The molecule has 1 fully saturated rings. The van der Waals surface area contributed by atoms with Crippen molar-refractivity contribution in [2.24, 2.45) is 5.10 Å². The third-order valence-corrected chi connectivity index (χ3v) is 4.25. The molecule has 0 aromatic carbocycles. The lowest BCUT2D eigenvalue weighted by Gasteiger charge is -2.23. The third-order valence-electron chi connectivity index (χ3n) is 3.08. The van der Waals surface area contributed by atoms with Crippen molar-refractivity contribution in [1.82, 2.24) is 10.7 Å². The van der Waals surface area contributed by atoms with Gasteiger partial charge in [-0.25, -0.2) is 0 Å². The summed E-state index contributed by atoms with van der Waals surface area (Å²) in [5.74, 6) is 0. The number of quaternary nitrogens is 1. The van der Waals surface area contributed by atoms with Gasteiger partial charge in [-0.3, -0.25) is 5.43 Å². The number of rotatable bonds is 5. The normalized spacial score (nSPS) is 16.4.